The Bertz CT molecular complexity index is 1450. The van der Waals surface area contributed by atoms with Crippen molar-refractivity contribution in [3.05, 3.63) is 100 Å². The summed E-state index contributed by atoms with van der Waals surface area (Å²) >= 11 is 6.02. The molecule has 1 N–H and O–H groups in total. The zero-order chi connectivity index (χ0) is 24.1. The molecular weight excluding hydrogens is 462 g/mol. The quantitative estimate of drug-likeness (QED) is 0.455. The van der Waals surface area contributed by atoms with Gasteiger partial charge in [0.2, 0.25) is 11.8 Å². The van der Waals surface area contributed by atoms with Crippen molar-refractivity contribution in [3.63, 3.8) is 0 Å². The second kappa shape index (κ2) is 8.47. The number of aromatic amines is 1. The van der Waals surface area contributed by atoms with Crippen LogP contribution >= 0.6 is 11.6 Å². The number of amides is 2. The molecule has 4 aromatic rings. The third-order valence-corrected chi connectivity index (χ3v) is 7.29. The number of nitrogens with zero attached hydrogens (tertiary/aromatic N) is 2. The molecule has 1 aromatic heterocycles. The Balaban J connectivity index is 1.45. The number of hydrogen-bond donors (Lipinski definition) is 1. The molecular formula is C28H24ClN3O3. The first-order valence-corrected chi connectivity index (χ1v) is 12.0. The summed E-state index contributed by atoms with van der Waals surface area (Å²) in [6, 6.07) is 22.2. The normalized spacial score (nSPS) is 19.6. The maximum Gasteiger partial charge on any atom is 0.246 e. The van der Waals surface area contributed by atoms with Crippen molar-refractivity contribution in [1.29, 1.82) is 0 Å². The number of carbonyl (C=O) groups is 2. The number of piperazine rings is 1. The lowest BCUT2D eigenvalue weighted by Gasteiger charge is -2.47. The average molecular weight is 486 g/mol. The van der Waals surface area contributed by atoms with Crippen LogP contribution in [-0.2, 0) is 22.6 Å². The third kappa shape index (κ3) is 3.65. The minimum absolute atomic E-state index is 0.0357. The fourth-order valence-corrected chi connectivity index (χ4v) is 5.55. The highest BCUT2D eigenvalue weighted by atomic mass is 35.5. The van der Waals surface area contributed by atoms with Gasteiger partial charge in [-0.15, -0.1) is 0 Å². The van der Waals surface area contributed by atoms with Gasteiger partial charge in [-0.25, -0.2) is 0 Å². The molecule has 6 rings (SSSR count). The molecule has 0 aliphatic carbocycles. The second-order valence-electron chi connectivity index (χ2n) is 9.08. The molecule has 6 nitrogen and oxygen atoms in total. The Labute approximate surface area is 208 Å². The maximum atomic E-state index is 13.8. The molecule has 1 fully saturated rings. The van der Waals surface area contributed by atoms with Gasteiger partial charge >= 0.3 is 0 Å². The summed E-state index contributed by atoms with van der Waals surface area (Å²) in [5.41, 5.74) is 4.90. The molecule has 2 aliphatic rings. The zero-order valence-corrected chi connectivity index (χ0v) is 20.0. The standard InChI is InChI=1S/C28H24ClN3O3/c1-35-20-6-4-5-18(13-20)27-26-22(21-7-2-3-8-23(21)30-26)14-24-28(34)31(16-25(33)32(24)27)15-17-9-11-19(29)12-10-17/h2-13,24,27,30H,14-16H2,1H3. The topological polar surface area (TPSA) is 65.6 Å². The van der Waals surface area contributed by atoms with E-state index >= 15 is 0 Å². The second-order valence-corrected chi connectivity index (χ2v) is 9.52. The van der Waals surface area contributed by atoms with Gasteiger partial charge in [0.15, 0.2) is 0 Å². The van der Waals surface area contributed by atoms with Gasteiger partial charge in [-0.05, 0) is 47.0 Å². The first kappa shape index (κ1) is 21.7. The summed E-state index contributed by atoms with van der Waals surface area (Å²) in [5.74, 6) is 0.603. The van der Waals surface area contributed by atoms with Crippen molar-refractivity contribution in [3.8, 4) is 5.75 Å². The highest BCUT2D eigenvalue weighted by Gasteiger charge is 2.48. The number of methoxy groups -OCH3 is 1. The number of carbonyl (C=O) groups excluding carboxylic acids is 2. The van der Waals surface area contributed by atoms with E-state index in [0.717, 1.165) is 33.3 Å². The lowest BCUT2D eigenvalue weighted by Crippen LogP contribution is -2.62. The molecule has 1 saturated heterocycles. The summed E-state index contributed by atoms with van der Waals surface area (Å²) in [6.45, 7) is 0.407. The number of benzene rings is 3. The van der Waals surface area contributed by atoms with Gasteiger partial charge in [-0.1, -0.05) is 54.1 Å². The lowest BCUT2D eigenvalue weighted by molar-refractivity contribution is -0.159. The molecule has 176 valence electrons. The third-order valence-electron chi connectivity index (χ3n) is 7.04. The van der Waals surface area contributed by atoms with Crippen LogP contribution in [0.15, 0.2) is 72.8 Å². The monoisotopic (exact) mass is 485 g/mol. The minimum Gasteiger partial charge on any atom is -0.497 e. The minimum atomic E-state index is -0.577. The van der Waals surface area contributed by atoms with Crippen LogP contribution in [0.3, 0.4) is 0 Å². The van der Waals surface area contributed by atoms with E-state index in [4.69, 9.17) is 16.3 Å². The summed E-state index contributed by atoms with van der Waals surface area (Å²) in [6.07, 6.45) is 0.474. The van der Waals surface area contributed by atoms with Crippen LogP contribution in [0.25, 0.3) is 10.9 Å². The summed E-state index contributed by atoms with van der Waals surface area (Å²) < 4.78 is 5.47. The first-order chi connectivity index (χ1) is 17.0. The van der Waals surface area contributed by atoms with Crippen LogP contribution in [0.1, 0.15) is 28.4 Å². The van der Waals surface area contributed by atoms with Gasteiger partial charge in [0.1, 0.15) is 18.3 Å². The number of halogens is 1. The van der Waals surface area contributed by atoms with Crippen molar-refractivity contribution in [1.82, 2.24) is 14.8 Å². The van der Waals surface area contributed by atoms with Crippen LogP contribution in [0.2, 0.25) is 5.02 Å². The Morgan fingerprint density at radius 1 is 1.03 bits per heavy atom. The fraction of sp³-hybridized carbons (Fsp3) is 0.214. The SMILES string of the molecule is COc1cccc(C2c3[nH]c4ccccc4c3CC3C(=O)N(Cc4ccc(Cl)cc4)CC(=O)N32)c1. The van der Waals surface area contributed by atoms with Gasteiger partial charge in [0.25, 0.3) is 0 Å². The van der Waals surface area contributed by atoms with Crippen LogP contribution in [0.4, 0.5) is 0 Å². The van der Waals surface area contributed by atoms with E-state index in [9.17, 15) is 9.59 Å². The van der Waals surface area contributed by atoms with E-state index in [1.807, 2.05) is 54.6 Å². The number of ether oxygens (including phenoxy) is 1. The maximum absolute atomic E-state index is 13.8. The molecule has 3 heterocycles. The number of para-hydroxylation sites is 1. The van der Waals surface area contributed by atoms with Crippen LogP contribution < -0.4 is 4.74 Å². The number of rotatable bonds is 4. The predicted molar refractivity (Wildman–Crippen MR) is 134 cm³/mol. The summed E-state index contributed by atoms with van der Waals surface area (Å²) in [4.78, 5) is 34.5. The molecule has 2 amide bonds. The van der Waals surface area contributed by atoms with E-state index in [2.05, 4.69) is 11.1 Å². The van der Waals surface area contributed by atoms with Crippen molar-refractivity contribution in [2.24, 2.45) is 0 Å². The van der Waals surface area contributed by atoms with Crippen LogP contribution in [-0.4, -0.2) is 46.3 Å². The number of hydrogen-bond acceptors (Lipinski definition) is 3. The average Bonchev–Trinajstić information content (AvgIpc) is 3.25. The molecule has 0 spiro atoms. The largest absolute Gasteiger partial charge is 0.497 e. The van der Waals surface area contributed by atoms with Gasteiger partial charge in [-0.3, -0.25) is 9.59 Å². The lowest BCUT2D eigenvalue weighted by atomic mass is 9.86. The zero-order valence-electron chi connectivity index (χ0n) is 19.2. The number of nitrogens with one attached hydrogen (secondary N) is 1. The Kier molecular flexibility index (Phi) is 5.26. The molecule has 2 unspecified atom stereocenters. The molecule has 2 atom stereocenters. The van der Waals surface area contributed by atoms with E-state index in [-0.39, 0.29) is 18.4 Å². The molecule has 0 radical (unpaired) electrons. The Morgan fingerprint density at radius 2 is 1.83 bits per heavy atom. The van der Waals surface area contributed by atoms with Crippen LogP contribution in [0, 0.1) is 0 Å². The molecule has 7 heteroatoms. The number of aromatic nitrogens is 1. The summed E-state index contributed by atoms with van der Waals surface area (Å²) in [7, 11) is 1.63. The smallest absolute Gasteiger partial charge is 0.246 e. The summed E-state index contributed by atoms with van der Waals surface area (Å²) in [5, 5.41) is 1.73. The molecule has 0 saturated carbocycles. The predicted octanol–water partition coefficient (Wildman–Crippen LogP) is 4.72. The van der Waals surface area contributed by atoms with Crippen molar-refractivity contribution >= 4 is 34.3 Å². The fourth-order valence-electron chi connectivity index (χ4n) is 5.43. The Hall–Kier alpha value is -3.77. The van der Waals surface area contributed by atoms with Gasteiger partial charge in [-0.2, -0.15) is 0 Å². The van der Waals surface area contributed by atoms with Crippen molar-refractivity contribution in [2.75, 3.05) is 13.7 Å². The molecule has 2 aliphatic heterocycles. The number of fused-ring (bicyclic) bond motifs is 4. The molecule has 3 aromatic carbocycles. The van der Waals surface area contributed by atoms with E-state index in [0.29, 0.717) is 23.7 Å². The van der Waals surface area contributed by atoms with E-state index in [1.165, 1.54) is 0 Å². The van der Waals surface area contributed by atoms with Crippen molar-refractivity contribution < 1.29 is 14.3 Å². The number of H-pyrrole nitrogens is 1. The molecule has 35 heavy (non-hydrogen) atoms. The van der Waals surface area contributed by atoms with E-state index in [1.54, 1.807) is 29.0 Å². The first-order valence-electron chi connectivity index (χ1n) is 11.6. The van der Waals surface area contributed by atoms with Crippen molar-refractivity contribution in [2.45, 2.75) is 25.0 Å². The van der Waals surface area contributed by atoms with Gasteiger partial charge in [0.05, 0.1) is 13.2 Å². The highest BCUT2D eigenvalue weighted by Crippen LogP contribution is 2.43. The Morgan fingerprint density at radius 3 is 2.63 bits per heavy atom. The van der Waals surface area contributed by atoms with Gasteiger partial charge < -0.3 is 19.5 Å². The molecule has 0 bridgehead atoms. The van der Waals surface area contributed by atoms with E-state index < -0.39 is 12.1 Å². The van der Waals surface area contributed by atoms with Crippen LogP contribution in [0.5, 0.6) is 5.75 Å². The van der Waals surface area contributed by atoms with Gasteiger partial charge in [0, 0.05) is 34.6 Å². The highest BCUT2D eigenvalue weighted by molar-refractivity contribution is 6.30.